The van der Waals surface area contributed by atoms with Crippen molar-refractivity contribution in [2.45, 2.75) is 32.6 Å². The molecule has 1 amide bonds. The highest BCUT2D eigenvalue weighted by Gasteiger charge is 2.37. The number of pyridine rings is 1. The van der Waals surface area contributed by atoms with Crippen LogP contribution in [0, 0.1) is 6.92 Å². The Balaban J connectivity index is 2.06. The number of aromatic nitrogens is 2. The number of nitrogens with one attached hydrogen (secondary N) is 1. The zero-order chi connectivity index (χ0) is 21.6. The molecule has 0 aliphatic rings. The van der Waals surface area contributed by atoms with Crippen LogP contribution in [0.3, 0.4) is 0 Å². The maximum absolute atomic E-state index is 13.0. The van der Waals surface area contributed by atoms with Gasteiger partial charge in [-0.1, -0.05) is 6.92 Å². The molecule has 2 heterocycles. The van der Waals surface area contributed by atoms with E-state index in [2.05, 4.69) is 10.3 Å². The van der Waals surface area contributed by atoms with Crippen LogP contribution >= 0.6 is 0 Å². The zero-order valence-electron chi connectivity index (χ0n) is 15.2. The van der Waals surface area contributed by atoms with Crippen molar-refractivity contribution in [2.24, 2.45) is 0 Å². The Hall–Kier alpha value is -3.04. The van der Waals surface area contributed by atoms with Crippen LogP contribution in [0.25, 0.3) is 5.65 Å². The van der Waals surface area contributed by atoms with Crippen molar-refractivity contribution in [3.63, 3.8) is 0 Å². The summed E-state index contributed by atoms with van der Waals surface area (Å²) in [6, 6.07) is 4.35. The van der Waals surface area contributed by atoms with E-state index in [9.17, 15) is 31.1 Å². The second-order valence-corrected chi connectivity index (χ2v) is 6.44. The lowest BCUT2D eigenvalue weighted by Gasteiger charge is -2.15. The number of amides is 1. The molecule has 0 spiro atoms. The van der Waals surface area contributed by atoms with Crippen molar-refractivity contribution in [3.05, 3.63) is 64.6 Å². The van der Waals surface area contributed by atoms with E-state index in [-0.39, 0.29) is 11.8 Å². The van der Waals surface area contributed by atoms with Crippen LogP contribution in [0.5, 0.6) is 0 Å². The number of anilines is 1. The summed E-state index contributed by atoms with van der Waals surface area (Å²) in [4.78, 5) is 17.1. The van der Waals surface area contributed by atoms with Crippen LogP contribution in [0.4, 0.5) is 32.0 Å². The highest BCUT2D eigenvalue weighted by atomic mass is 19.4. The summed E-state index contributed by atoms with van der Waals surface area (Å²) in [6.45, 7) is 3.55. The molecular formula is C19H15F6N3O. The molecule has 0 atom stereocenters. The average Bonchev–Trinajstić information content (AvgIpc) is 2.97. The second-order valence-electron chi connectivity index (χ2n) is 6.44. The number of rotatable bonds is 3. The summed E-state index contributed by atoms with van der Waals surface area (Å²) < 4.78 is 79.5. The molecule has 154 valence electrons. The van der Waals surface area contributed by atoms with Crippen molar-refractivity contribution in [1.82, 2.24) is 9.38 Å². The van der Waals surface area contributed by atoms with E-state index in [0.29, 0.717) is 29.9 Å². The number of carbonyl (C=O) groups is 1. The van der Waals surface area contributed by atoms with Crippen LogP contribution in [0.1, 0.15) is 39.8 Å². The molecule has 0 bridgehead atoms. The molecule has 3 aromatic rings. The molecule has 0 aliphatic carbocycles. The number of benzene rings is 1. The van der Waals surface area contributed by atoms with Gasteiger partial charge in [-0.25, -0.2) is 4.98 Å². The Bertz CT molecular complexity index is 1050. The minimum absolute atomic E-state index is 0.00409. The highest BCUT2D eigenvalue weighted by Crippen LogP contribution is 2.37. The maximum Gasteiger partial charge on any atom is 0.416 e. The van der Waals surface area contributed by atoms with E-state index < -0.39 is 35.1 Å². The molecule has 29 heavy (non-hydrogen) atoms. The Morgan fingerprint density at radius 1 is 1.03 bits per heavy atom. The summed E-state index contributed by atoms with van der Waals surface area (Å²) in [5.41, 5.74) is -1.87. The first-order valence-electron chi connectivity index (χ1n) is 8.48. The predicted octanol–water partition coefficient (Wildman–Crippen LogP) is 5.50. The van der Waals surface area contributed by atoms with Gasteiger partial charge in [-0.05, 0) is 49.2 Å². The third-order valence-electron chi connectivity index (χ3n) is 4.25. The molecule has 0 fully saturated rings. The number of imidazole rings is 1. The second kappa shape index (κ2) is 7.09. The number of carbonyl (C=O) groups excluding carboxylic acids is 1. The quantitative estimate of drug-likeness (QED) is 0.575. The van der Waals surface area contributed by atoms with E-state index in [0.717, 1.165) is 5.56 Å². The Kier molecular flexibility index (Phi) is 5.06. The molecule has 0 unspecified atom stereocenters. The number of aryl methyl sites for hydroxylation is 2. The number of hydrogen-bond donors (Lipinski definition) is 1. The third kappa shape index (κ3) is 4.20. The monoisotopic (exact) mass is 415 g/mol. The van der Waals surface area contributed by atoms with Crippen LogP contribution < -0.4 is 5.32 Å². The zero-order valence-corrected chi connectivity index (χ0v) is 15.2. The minimum Gasteiger partial charge on any atom is -0.321 e. The Labute approximate surface area is 161 Å². The average molecular weight is 415 g/mol. The van der Waals surface area contributed by atoms with Gasteiger partial charge in [-0.3, -0.25) is 9.20 Å². The van der Waals surface area contributed by atoms with Gasteiger partial charge >= 0.3 is 12.4 Å². The van der Waals surface area contributed by atoms with E-state index in [1.165, 1.54) is 4.40 Å². The first-order valence-corrected chi connectivity index (χ1v) is 8.48. The number of halogens is 6. The molecule has 0 aliphatic heterocycles. The van der Waals surface area contributed by atoms with Crippen molar-refractivity contribution in [3.8, 4) is 0 Å². The van der Waals surface area contributed by atoms with Gasteiger partial charge in [0, 0.05) is 11.9 Å². The van der Waals surface area contributed by atoms with Gasteiger partial charge in [-0.2, -0.15) is 26.3 Å². The SMILES string of the molecule is CCc1nc2cc(C)ccn2c1C(=O)Nc1cc(C(F)(F)F)cc(C(F)(F)F)c1. The van der Waals surface area contributed by atoms with Crippen molar-refractivity contribution in [2.75, 3.05) is 5.32 Å². The van der Waals surface area contributed by atoms with Gasteiger partial charge in [-0.15, -0.1) is 0 Å². The fourth-order valence-corrected chi connectivity index (χ4v) is 2.90. The molecule has 0 radical (unpaired) electrons. The fraction of sp³-hybridized carbons (Fsp3) is 0.263. The Morgan fingerprint density at radius 2 is 1.62 bits per heavy atom. The van der Waals surface area contributed by atoms with E-state index in [1.807, 2.05) is 6.92 Å². The van der Waals surface area contributed by atoms with Gasteiger partial charge < -0.3 is 5.32 Å². The van der Waals surface area contributed by atoms with Crippen molar-refractivity contribution in [1.29, 1.82) is 0 Å². The fourth-order valence-electron chi connectivity index (χ4n) is 2.90. The van der Waals surface area contributed by atoms with Gasteiger partial charge in [0.2, 0.25) is 0 Å². The van der Waals surface area contributed by atoms with Crippen LogP contribution in [0.2, 0.25) is 0 Å². The van der Waals surface area contributed by atoms with Crippen molar-refractivity contribution < 1.29 is 31.1 Å². The minimum atomic E-state index is -5.00. The number of hydrogen-bond acceptors (Lipinski definition) is 2. The standard InChI is InChI=1S/C19H15F6N3O/c1-3-14-16(28-5-4-10(2)6-15(28)27-14)17(29)26-13-8-11(18(20,21)22)7-12(9-13)19(23,24)25/h4-9H,3H2,1-2H3,(H,26,29). The molecule has 4 nitrogen and oxygen atoms in total. The molecule has 1 aromatic carbocycles. The lowest BCUT2D eigenvalue weighted by Crippen LogP contribution is -2.18. The summed E-state index contributed by atoms with van der Waals surface area (Å²) in [5, 5.41) is 2.15. The molecule has 3 rings (SSSR count). The van der Waals surface area contributed by atoms with Gasteiger partial charge in [0.1, 0.15) is 11.3 Å². The van der Waals surface area contributed by atoms with E-state index in [1.54, 1.807) is 25.3 Å². The molecule has 0 saturated heterocycles. The molecule has 0 saturated carbocycles. The largest absolute Gasteiger partial charge is 0.416 e. The van der Waals surface area contributed by atoms with Crippen LogP contribution in [0.15, 0.2) is 36.5 Å². The molecule has 1 N–H and O–H groups in total. The topological polar surface area (TPSA) is 46.4 Å². The summed E-state index contributed by atoms with van der Waals surface area (Å²) in [6.07, 6.45) is -8.09. The van der Waals surface area contributed by atoms with Gasteiger partial charge in [0.05, 0.1) is 16.8 Å². The summed E-state index contributed by atoms with van der Waals surface area (Å²) >= 11 is 0. The van der Waals surface area contributed by atoms with Crippen molar-refractivity contribution >= 4 is 17.2 Å². The number of alkyl halides is 6. The summed E-state index contributed by atoms with van der Waals surface area (Å²) in [7, 11) is 0. The molecular weight excluding hydrogens is 400 g/mol. The van der Waals surface area contributed by atoms with Gasteiger partial charge in [0.25, 0.3) is 5.91 Å². The van der Waals surface area contributed by atoms with Crippen LogP contribution in [-0.4, -0.2) is 15.3 Å². The normalized spacial score (nSPS) is 12.4. The van der Waals surface area contributed by atoms with Gasteiger partial charge in [0.15, 0.2) is 0 Å². The summed E-state index contributed by atoms with van der Waals surface area (Å²) in [5.74, 6) is -0.856. The first-order chi connectivity index (χ1) is 13.4. The highest BCUT2D eigenvalue weighted by molar-refractivity contribution is 6.04. The van der Waals surface area contributed by atoms with Crippen LogP contribution in [-0.2, 0) is 18.8 Å². The maximum atomic E-state index is 13.0. The molecule has 10 heteroatoms. The third-order valence-corrected chi connectivity index (χ3v) is 4.25. The smallest absolute Gasteiger partial charge is 0.321 e. The lowest BCUT2D eigenvalue weighted by atomic mass is 10.1. The lowest BCUT2D eigenvalue weighted by molar-refractivity contribution is -0.143. The first kappa shape index (κ1) is 20.7. The van der Waals surface area contributed by atoms with E-state index in [4.69, 9.17) is 0 Å². The predicted molar refractivity (Wildman–Crippen MR) is 93.7 cm³/mol. The molecule has 2 aromatic heterocycles. The van der Waals surface area contributed by atoms with E-state index >= 15 is 0 Å². The number of fused-ring (bicyclic) bond motifs is 1. The number of nitrogens with zero attached hydrogens (tertiary/aromatic N) is 2. The Morgan fingerprint density at radius 3 is 2.14 bits per heavy atom.